The Bertz CT molecular complexity index is 1310. The molecule has 0 bridgehead atoms. The van der Waals surface area contributed by atoms with Gasteiger partial charge in [0.15, 0.2) is 5.78 Å². The topological polar surface area (TPSA) is 77.7 Å². The summed E-state index contributed by atoms with van der Waals surface area (Å²) in [5.74, 6) is 0.904. The number of aliphatic imine (C=N–C) groups is 1. The molecule has 0 amide bonds. The highest BCUT2D eigenvalue weighted by atomic mass is 16.5. The molecule has 2 aliphatic rings. The number of rotatable bonds is 7. The lowest BCUT2D eigenvalue weighted by Crippen LogP contribution is -2.47. The summed E-state index contributed by atoms with van der Waals surface area (Å²) in [5, 5.41) is 12.9. The Morgan fingerprint density at radius 1 is 1.09 bits per heavy atom. The van der Waals surface area contributed by atoms with Crippen LogP contribution in [0, 0.1) is 11.3 Å². The quantitative estimate of drug-likeness (QED) is 0.514. The average molecular weight is 465 g/mol. The van der Waals surface area contributed by atoms with Crippen molar-refractivity contribution < 1.29 is 9.53 Å². The molecule has 0 spiro atoms. The lowest BCUT2D eigenvalue weighted by molar-refractivity contribution is -0.0259. The van der Waals surface area contributed by atoms with E-state index >= 15 is 0 Å². The van der Waals surface area contributed by atoms with E-state index in [1.54, 1.807) is 6.07 Å². The van der Waals surface area contributed by atoms with Crippen LogP contribution in [0.3, 0.4) is 0 Å². The lowest BCUT2D eigenvalue weighted by Gasteiger charge is -2.39. The van der Waals surface area contributed by atoms with Crippen LogP contribution in [0.15, 0.2) is 71.7 Å². The molecule has 3 aromatic carbocycles. The summed E-state index contributed by atoms with van der Waals surface area (Å²) in [6, 6.07) is 23.7. The van der Waals surface area contributed by atoms with E-state index in [1.165, 1.54) is 0 Å². The maximum Gasteiger partial charge on any atom is 0.207 e. The maximum atomic E-state index is 12.7. The summed E-state index contributed by atoms with van der Waals surface area (Å²) >= 11 is 0. The van der Waals surface area contributed by atoms with Gasteiger partial charge in [-0.05, 0) is 49.6 Å². The van der Waals surface area contributed by atoms with Crippen LogP contribution in [0.1, 0.15) is 52.4 Å². The molecule has 1 aliphatic heterocycles. The first kappa shape index (κ1) is 22.7. The summed E-state index contributed by atoms with van der Waals surface area (Å²) in [6.07, 6.45) is 4.08. The third kappa shape index (κ3) is 4.38. The summed E-state index contributed by atoms with van der Waals surface area (Å²) in [7, 11) is 0. The van der Waals surface area contributed by atoms with Crippen molar-refractivity contribution in [1.82, 2.24) is 4.90 Å². The molecule has 1 heterocycles. The maximum absolute atomic E-state index is 12.7. The van der Waals surface area contributed by atoms with Gasteiger partial charge in [-0.15, -0.1) is 0 Å². The number of nitrogens with one attached hydrogen (secondary N) is 1. The summed E-state index contributed by atoms with van der Waals surface area (Å²) < 4.78 is 6.87. The minimum Gasteiger partial charge on any atom is -0.464 e. The number of nitrogens with zero attached hydrogens (tertiary/aromatic N) is 3. The van der Waals surface area contributed by atoms with Crippen LogP contribution >= 0.6 is 0 Å². The zero-order valence-corrected chi connectivity index (χ0v) is 19.8. The first-order valence-electron chi connectivity index (χ1n) is 12.0. The van der Waals surface area contributed by atoms with E-state index in [9.17, 15) is 10.1 Å². The Kier molecular flexibility index (Phi) is 6.24. The van der Waals surface area contributed by atoms with Crippen LogP contribution in [-0.2, 0) is 18.7 Å². The molecule has 176 valence electrons. The van der Waals surface area contributed by atoms with Crippen molar-refractivity contribution in [2.45, 2.75) is 38.5 Å². The average Bonchev–Trinajstić information content (AvgIpc) is 3.45. The number of carbonyl (C=O) groups is 1. The molecular formula is C29H28N4O2. The molecule has 3 aromatic rings. The highest BCUT2D eigenvalue weighted by molar-refractivity contribution is 5.99. The van der Waals surface area contributed by atoms with Gasteiger partial charge in [-0.25, -0.2) is 0 Å². The van der Waals surface area contributed by atoms with E-state index in [2.05, 4.69) is 40.3 Å². The third-order valence-electron chi connectivity index (χ3n) is 6.88. The smallest absolute Gasteiger partial charge is 0.207 e. The van der Waals surface area contributed by atoms with E-state index in [0.29, 0.717) is 18.5 Å². The molecule has 6 heteroatoms. The zero-order valence-electron chi connectivity index (χ0n) is 19.8. The summed E-state index contributed by atoms with van der Waals surface area (Å²) in [5.41, 5.74) is 4.37. The van der Waals surface area contributed by atoms with Crippen molar-refractivity contribution in [3.8, 4) is 11.8 Å². The van der Waals surface area contributed by atoms with Gasteiger partial charge in [-0.1, -0.05) is 42.5 Å². The molecular weight excluding hydrogens is 436 g/mol. The Morgan fingerprint density at radius 3 is 2.66 bits per heavy atom. The van der Waals surface area contributed by atoms with E-state index < -0.39 is 5.72 Å². The number of ether oxygens (including phenoxy) is 1. The fourth-order valence-electron chi connectivity index (χ4n) is 4.93. The number of Topliss-reactive ketones (excluding diaryl/α,β-unsaturated/α-hetero) is 1. The van der Waals surface area contributed by atoms with Gasteiger partial charge in [0, 0.05) is 36.2 Å². The van der Waals surface area contributed by atoms with Gasteiger partial charge in [0.1, 0.15) is 11.8 Å². The van der Waals surface area contributed by atoms with Crippen molar-refractivity contribution in [2.24, 2.45) is 4.99 Å². The first-order valence-corrected chi connectivity index (χ1v) is 12.0. The van der Waals surface area contributed by atoms with Crippen LogP contribution in [0.25, 0.3) is 0 Å². The second-order valence-corrected chi connectivity index (χ2v) is 9.02. The van der Waals surface area contributed by atoms with Gasteiger partial charge in [0.25, 0.3) is 0 Å². The minimum absolute atomic E-state index is 0.175. The normalized spacial score (nSPS) is 16.3. The largest absolute Gasteiger partial charge is 0.464 e. The zero-order chi connectivity index (χ0) is 24.3. The Morgan fingerprint density at radius 2 is 1.89 bits per heavy atom. The highest BCUT2D eigenvalue weighted by Gasteiger charge is 2.37. The fraction of sp³-hybridized carbons (Fsp3) is 0.276. The molecule has 1 atom stereocenters. The van der Waals surface area contributed by atoms with E-state index in [4.69, 9.17) is 4.74 Å². The van der Waals surface area contributed by atoms with Crippen molar-refractivity contribution >= 4 is 17.8 Å². The predicted octanol–water partition coefficient (Wildman–Crippen LogP) is 5.28. The van der Waals surface area contributed by atoms with E-state index in [1.807, 2.05) is 54.9 Å². The molecule has 6 nitrogen and oxygen atoms in total. The van der Waals surface area contributed by atoms with Crippen molar-refractivity contribution in [3.05, 3.63) is 94.5 Å². The van der Waals surface area contributed by atoms with Gasteiger partial charge in [-0.3, -0.25) is 9.79 Å². The van der Waals surface area contributed by atoms with Crippen molar-refractivity contribution in [3.63, 3.8) is 0 Å². The van der Waals surface area contributed by atoms with Gasteiger partial charge >= 0.3 is 0 Å². The number of ketones is 1. The van der Waals surface area contributed by atoms with Crippen LogP contribution < -0.4 is 10.1 Å². The molecule has 1 aliphatic carbocycles. The lowest BCUT2D eigenvalue weighted by atomic mass is 9.86. The van der Waals surface area contributed by atoms with Gasteiger partial charge in [0.2, 0.25) is 5.72 Å². The molecule has 0 fully saturated rings. The monoisotopic (exact) mass is 464 g/mol. The Labute approximate surface area is 205 Å². The number of nitriles is 1. The molecule has 0 aromatic heterocycles. The molecule has 0 radical (unpaired) electrons. The molecule has 5 rings (SSSR count). The number of benzene rings is 3. The number of hydrogen-bond donors (Lipinski definition) is 1. The number of carbonyl (C=O) groups excluding carboxylic acids is 1. The third-order valence-corrected chi connectivity index (χ3v) is 6.88. The van der Waals surface area contributed by atoms with Crippen molar-refractivity contribution in [2.75, 3.05) is 18.4 Å². The molecule has 0 saturated heterocycles. The van der Waals surface area contributed by atoms with Crippen LogP contribution in [0.5, 0.6) is 5.75 Å². The molecule has 35 heavy (non-hydrogen) atoms. The number of para-hydroxylation sites is 1. The van der Waals surface area contributed by atoms with E-state index in [-0.39, 0.29) is 5.78 Å². The number of anilines is 1. The Hall–Kier alpha value is -4.11. The highest BCUT2D eigenvalue weighted by Crippen LogP contribution is 2.38. The SMILES string of the molecule is C[C@](Oc1ccc2c(c1CNc1ccccc1C#N)CCCC2=O)(c1ccccc1)N1C=NCC1. The fourth-order valence-corrected chi connectivity index (χ4v) is 4.93. The molecule has 0 unspecified atom stereocenters. The van der Waals surface area contributed by atoms with Crippen molar-refractivity contribution in [1.29, 1.82) is 5.26 Å². The van der Waals surface area contributed by atoms with Gasteiger partial charge in [-0.2, -0.15) is 5.26 Å². The standard InChI is InChI=1S/C29H28N4O2/c1-29(33-17-16-31-20-33,22-9-3-2-4-10-22)35-28-15-14-24-23(11-7-13-27(24)34)25(28)19-32-26-12-6-5-8-21(26)18-30/h2-6,8-10,12,14-15,20,32H,7,11,13,16-17,19H2,1H3/t29-/m0/s1. The number of fused-ring (bicyclic) bond motifs is 1. The van der Waals surface area contributed by atoms with Crippen LogP contribution in [0.2, 0.25) is 0 Å². The summed E-state index contributed by atoms with van der Waals surface area (Å²) in [6.45, 7) is 4.00. The molecule has 1 N–H and O–H groups in total. The van der Waals surface area contributed by atoms with Crippen LogP contribution in [0.4, 0.5) is 5.69 Å². The predicted molar refractivity (Wildman–Crippen MR) is 137 cm³/mol. The minimum atomic E-state index is -0.770. The second-order valence-electron chi connectivity index (χ2n) is 9.02. The second kappa shape index (κ2) is 9.63. The summed E-state index contributed by atoms with van der Waals surface area (Å²) in [4.78, 5) is 19.3. The van der Waals surface area contributed by atoms with Crippen LogP contribution in [-0.4, -0.2) is 30.1 Å². The molecule has 0 saturated carbocycles. The number of hydrogen-bond acceptors (Lipinski definition) is 6. The first-order chi connectivity index (χ1) is 17.1. The van der Waals surface area contributed by atoms with Gasteiger partial charge in [0.05, 0.1) is 24.1 Å². The Balaban J connectivity index is 1.57. The van der Waals surface area contributed by atoms with E-state index in [0.717, 1.165) is 59.6 Å². The van der Waals surface area contributed by atoms with Gasteiger partial charge < -0.3 is 15.0 Å².